The van der Waals surface area contributed by atoms with E-state index in [4.69, 9.17) is 23.9 Å². The molecule has 0 bridgehead atoms. The van der Waals surface area contributed by atoms with Crippen LogP contribution < -0.4 is 24.3 Å². The summed E-state index contributed by atoms with van der Waals surface area (Å²) in [5.74, 6) is 2.53. The van der Waals surface area contributed by atoms with Crippen molar-refractivity contribution in [2.75, 3.05) is 28.4 Å². The smallest absolute Gasteiger partial charge is 0.252 e. The summed E-state index contributed by atoms with van der Waals surface area (Å²) in [6, 6.07) is 18.7. The molecule has 1 aromatic heterocycles. The number of nitrogens with one attached hydrogen (secondary N) is 1. The van der Waals surface area contributed by atoms with E-state index < -0.39 is 0 Å². The van der Waals surface area contributed by atoms with Gasteiger partial charge in [0.25, 0.3) is 5.91 Å². The lowest BCUT2D eigenvalue weighted by Gasteiger charge is -2.18. The van der Waals surface area contributed by atoms with E-state index in [1.165, 1.54) is 21.3 Å². The zero-order chi connectivity index (χ0) is 24.9. The first-order valence-corrected chi connectivity index (χ1v) is 11.2. The molecule has 0 aliphatic carbocycles. The summed E-state index contributed by atoms with van der Waals surface area (Å²) >= 11 is 0. The second-order valence-electron chi connectivity index (χ2n) is 8.00. The van der Waals surface area contributed by atoms with Crippen LogP contribution >= 0.6 is 0 Å². The van der Waals surface area contributed by atoms with Crippen LogP contribution in [-0.2, 0) is 6.54 Å². The Hall–Kier alpha value is -4.20. The Bertz CT molecular complexity index is 1310. The largest absolute Gasteiger partial charge is 0.497 e. The van der Waals surface area contributed by atoms with Crippen LogP contribution in [-0.4, -0.2) is 43.9 Å². The van der Waals surface area contributed by atoms with Gasteiger partial charge in [0.15, 0.2) is 11.5 Å². The first kappa shape index (κ1) is 23.9. The van der Waals surface area contributed by atoms with Gasteiger partial charge in [-0.3, -0.25) is 4.79 Å². The molecular weight excluding hydrogens is 446 g/mol. The fraction of sp³-hybridized carbons (Fsp3) is 0.259. The van der Waals surface area contributed by atoms with E-state index in [1.807, 2.05) is 55.5 Å². The fourth-order valence-corrected chi connectivity index (χ4v) is 4.06. The second-order valence-corrected chi connectivity index (χ2v) is 8.00. The first-order chi connectivity index (χ1) is 17.0. The van der Waals surface area contributed by atoms with Gasteiger partial charge in [0.1, 0.15) is 11.6 Å². The van der Waals surface area contributed by atoms with Gasteiger partial charge in [0, 0.05) is 12.1 Å². The standard InChI is InChI=1S/C27H29N3O5/c1-17(28-27(31)19-14-23(33-3)25(35-5)24(15-19)34-4)26-29-21-8-6-7-9-22(21)30(26)16-18-10-12-20(32-2)13-11-18/h6-15,17H,16H2,1-5H3,(H,28,31). The van der Waals surface area contributed by atoms with Crippen LogP contribution in [0.5, 0.6) is 23.0 Å². The Balaban J connectivity index is 1.65. The van der Waals surface area contributed by atoms with Gasteiger partial charge in [-0.2, -0.15) is 0 Å². The normalized spacial score (nSPS) is 11.7. The molecule has 1 atom stereocenters. The van der Waals surface area contributed by atoms with Crippen molar-refractivity contribution >= 4 is 16.9 Å². The first-order valence-electron chi connectivity index (χ1n) is 11.2. The lowest BCUT2D eigenvalue weighted by Crippen LogP contribution is -2.29. The monoisotopic (exact) mass is 475 g/mol. The van der Waals surface area contributed by atoms with E-state index in [-0.39, 0.29) is 11.9 Å². The third-order valence-corrected chi connectivity index (χ3v) is 5.85. The molecule has 3 aromatic carbocycles. The molecule has 1 amide bonds. The summed E-state index contributed by atoms with van der Waals surface area (Å²) in [6.07, 6.45) is 0. The lowest BCUT2D eigenvalue weighted by molar-refractivity contribution is 0.0937. The average molecular weight is 476 g/mol. The van der Waals surface area contributed by atoms with Gasteiger partial charge in [0.2, 0.25) is 5.75 Å². The Morgan fingerprint density at radius 1 is 0.914 bits per heavy atom. The maximum atomic E-state index is 13.2. The van der Waals surface area contributed by atoms with Crippen LogP contribution in [0.1, 0.15) is 34.7 Å². The molecule has 0 saturated carbocycles. The molecule has 0 spiro atoms. The number of hydrogen-bond donors (Lipinski definition) is 1. The molecule has 8 nitrogen and oxygen atoms in total. The molecule has 0 aliphatic heterocycles. The SMILES string of the molecule is COc1ccc(Cn2c(C(C)NC(=O)c3cc(OC)c(OC)c(OC)c3)nc3ccccc32)cc1. The number of benzene rings is 3. The van der Waals surface area contributed by atoms with Gasteiger partial charge in [-0.25, -0.2) is 4.98 Å². The minimum absolute atomic E-state index is 0.278. The van der Waals surface area contributed by atoms with E-state index in [0.717, 1.165) is 28.2 Å². The minimum atomic E-state index is -0.368. The molecule has 1 N–H and O–H groups in total. The molecule has 1 heterocycles. The molecule has 4 aromatic rings. The van der Waals surface area contributed by atoms with Crippen LogP contribution in [0.2, 0.25) is 0 Å². The second kappa shape index (κ2) is 10.4. The summed E-state index contributed by atoms with van der Waals surface area (Å²) in [5.41, 5.74) is 3.35. The highest BCUT2D eigenvalue weighted by Crippen LogP contribution is 2.38. The van der Waals surface area contributed by atoms with Gasteiger partial charge < -0.3 is 28.8 Å². The Labute approximate surface area is 204 Å². The van der Waals surface area contributed by atoms with E-state index in [1.54, 1.807) is 19.2 Å². The lowest BCUT2D eigenvalue weighted by atomic mass is 10.1. The van der Waals surface area contributed by atoms with Crippen molar-refractivity contribution in [3.05, 3.63) is 77.6 Å². The number of amides is 1. The Kier molecular flexibility index (Phi) is 7.10. The van der Waals surface area contributed by atoms with Gasteiger partial charge in [-0.05, 0) is 48.9 Å². The Morgan fingerprint density at radius 2 is 1.57 bits per heavy atom. The average Bonchev–Trinajstić information content (AvgIpc) is 3.26. The van der Waals surface area contributed by atoms with Gasteiger partial charge in [-0.15, -0.1) is 0 Å². The molecular formula is C27H29N3O5. The zero-order valence-corrected chi connectivity index (χ0v) is 20.5. The van der Waals surface area contributed by atoms with E-state index in [9.17, 15) is 4.79 Å². The number of ether oxygens (including phenoxy) is 4. The van der Waals surface area contributed by atoms with Crippen LogP contribution in [0.15, 0.2) is 60.7 Å². The summed E-state index contributed by atoms with van der Waals surface area (Å²) in [5, 5.41) is 3.06. The number of rotatable bonds is 9. The molecule has 0 aliphatic rings. The predicted octanol–water partition coefficient (Wildman–Crippen LogP) is 4.61. The highest BCUT2D eigenvalue weighted by molar-refractivity contribution is 5.96. The number of nitrogens with zero attached hydrogens (tertiary/aromatic N) is 2. The highest BCUT2D eigenvalue weighted by atomic mass is 16.5. The van der Waals surface area contributed by atoms with Crippen LogP contribution in [0.3, 0.4) is 0 Å². The molecule has 182 valence electrons. The number of fused-ring (bicyclic) bond motifs is 1. The summed E-state index contributed by atoms with van der Waals surface area (Å²) < 4.78 is 23.5. The Morgan fingerprint density at radius 3 is 2.17 bits per heavy atom. The van der Waals surface area contributed by atoms with E-state index in [2.05, 4.69) is 9.88 Å². The van der Waals surface area contributed by atoms with Crippen molar-refractivity contribution in [3.63, 3.8) is 0 Å². The van der Waals surface area contributed by atoms with Crippen LogP contribution in [0.25, 0.3) is 11.0 Å². The third-order valence-electron chi connectivity index (χ3n) is 5.85. The summed E-state index contributed by atoms with van der Waals surface area (Å²) in [4.78, 5) is 18.0. The number of methoxy groups -OCH3 is 4. The maximum absolute atomic E-state index is 13.2. The molecule has 35 heavy (non-hydrogen) atoms. The van der Waals surface area contributed by atoms with Crippen molar-refractivity contribution in [3.8, 4) is 23.0 Å². The molecule has 1 unspecified atom stereocenters. The molecule has 0 fully saturated rings. The topological polar surface area (TPSA) is 83.8 Å². The molecule has 0 saturated heterocycles. The number of hydrogen-bond acceptors (Lipinski definition) is 6. The molecule has 4 rings (SSSR count). The van der Waals surface area contributed by atoms with Crippen molar-refractivity contribution < 1.29 is 23.7 Å². The zero-order valence-electron chi connectivity index (χ0n) is 20.5. The number of imidazole rings is 1. The quantitative estimate of drug-likeness (QED) is 0.381. The van der Waals surface area contributed by atoms with Gasteiger partial charge in [0.05, 0.1) is 45.5 Å². The molecule has 8 heteroatoms. The van der Waals surface area contributed by atoms with Crippen molar-refractivity contribution in [2.24, 2.45) is 0 Å². The predicted molar refractivity (Wildman–Crippen MR) is 134 cm³/mol. The minimum Gasteiger partial charge on any atom is -0.497 e. The third kappa shape index (κ3) is 4.87. The number of carbonyl (C=O) groups is 1. The fourth-order valence-electron chi connectivity index (χ4n) is 4.06. The van der Waals surface area contributed by atoms with Crippen LogP contribution in [0.4, 0.5) is 0 Å². The van der Waals surface area contributed by atoms with Crippen molar-refractivity contribution in [1.29, 1.82) is 0 Å². The van der Waals surface area contributed by atoms with E-state index >= 15 is 0 Å². The van der Waals surface area contributed by atoms with Crippen molar-refractivity contribution in [1.82, 2.24) is 14.9 Å². The van der Waals surface area contributed by atoms with Crippen molar-refractivity contribution in [2.45, 2.75) is 19.5 Å². The van der Waals surface area contributed by atoms with E-state index in [0.29, 0.717) is 29.4 Å². The maximum Gasteiger partial charge on any atom is 0.252 e. The van der Waals surface area contributed by atoms with Crippen LogP contribution in [0, 0.1) is 0 Å². The summed E-state index contributed by atoms with van der Waals surface area (Å²) in [7, 11) is 6.20. The number of aromatic nitrogens is 2. The summed E-state index contributed by atoms with van der Waals surface area (Å²) in [6.45, 7) is 2.52. The van der Waals surface area contributed by atoms with Gasteiger partial charge >= 0.3 is 0 Å². The van der Waals surface area contributed by atoms with Gasteiger partial charge in [-0.1, -0.05) is 24.3 Å². The number of carbonyl (C=O) groups excluding carboxylic acids is 1. The highest BCUT2D eigenvalue weighted by Gasteiger charge is 2.22. The number of para-hydroxylation sites is 2. The molecule has 0 radical (unpaired) electrons.